The van der Waals surface area contributed by atoms with E-state index < -0.39 is 0 Å². The number of carbonyl (C=O) groups is 1. The Morgan fingerprint density at radius 1 is 1.27 bits per heavy atom. The van der Waals surface area contributed by atoms with Crippen molar-refractivity contribution < 1.29 is 4.79 Å². The molecule has 0 aliphatic rings. The fraction of sp³-hybridized carbons (Fsp3) is 0.105. The normalized spacial score (nSPS) is 11.2. The topological polar surface area (TPSA) is 64.0 Å². The number of nitrogens with one attached hydrogen (secondary N) is 1. The van der Waals surface area contributed by atoms with Gasteiger partial charge in [-0.2, -0.15) is 0 Å². The molecular weight excluding hydrogens is 370 g/mol. The molecule has 2 aromatic carbocycles. The summed E-state index contributed by atoms with van der Waals surface area (Å²) in [6, 6.07) is 13.0. The molecule has 0 bridgehead atoms. The first-order chi connectivity index (χ1) is 12.5. The number of amides is 1. The van der Waals surface area contributed by atoms with Crippen molar-refractivity contribution in [3.63, 3.8) is 0 Å². The van der Waals surface area contributed by atoms with E-state index in [-0.39, 0.29) is 18.0 Å². The van der Waals surface area contributed by atoms with Crippen LogP contribution in [0.2, 0.25) is 5.02 Å². The van der Waals surface area contributed by atoms with Crippen molar-refractivity contribution in [2.75, 3.05) is 5.32 Å². The van der Waals surface area contributed by atoms with Crippen molar-refractivity contribution in [2.24, 2.45) is 0 Å². The minimum Gasteiger partial charge on any atom is -0.325 e. The highest BCUT2D eigenvalue weighted by Gasteiger charge is 2.15. The SMILES string of the molecule is Cc1cccc(NC(=O)Cn2cnc3c(sc4cccc(Cl)c43)c2=O)c1. The second-order valence-electron chi connectivity index (χ2n) is 5.99. The zero-order chi connectivity index (χ0) is 18.3. The molecule has 0 aliphatic heterocycles. The lowest BCUT2D eigenvalue weighted by Gasteiger charge is -2.07. The maximum absolute atomic E-state index is 12.8. The monoisotopic (exact) mass is 383 g/mol. The van der Waals surface area contributed by atoms with Crippen LogP contribution < -0.4 is 10.9 Å². The number of nitrogens with zero attached hydrogens (tertiary/aromatic N) is 2. The molecule has 0 unspecified atom stereocenters. The summed E-state index contributed by atoms with van der Waals surface area (Å²) < 4.78 is 2.72. The average Bonchev–Trinajstić information content (AvgIpc) is 2.98. The lowest BCUT2D eigenvalue weighted by atomic mass is 10.2. The highest BCUT2D eigenvalue weighted by molar-refractivity contribution is 7.25. The summed E-state index contributed by atoms with van der Waals surface area (Å²) in [7, 11) is 0. The van der Waals surface area contributed by atoms with Crippen molar-refractivity contribution in [1.82, 2.24) is 9.55 Å². The summed E-state index contributed by atoms with van der Waals surface area (Å²) in [5, 5.41) is 4.14. The molecule has 7 heteroatoms. The molecule has 26 heavy (non-hydrogen) atoms. The fourth-order valence-electron chi connectivity index (χ4n) is 2.86. The molecule has 5 nitrogen and oxygen atoms in total. The first-order valence-corrected chi connectivity index (χ1v) is 9.15. The first-order valence-electron chi connectivity index (χ1n) is 7.95. The molecule has 0 saturated heterocycles. The summed E-state index contributed by atoms with van der Waals surface area (Å²) in [5.41, 5.74) is 2.08. The van der Waals surface area contributed by atoms with Crippen molar-refractivity contribution in [1.29, 1.82) is 0 Å². The number of halogens is 1. The molecule has 4 aromatic rings. The van der Waals surface area contributed by atoms with Crippen LogP contribution >= 0.6 is 22.9 Å². The quantitative estimate of drug-likeness (QED) is 0.576. The first kappa shape index (κ1) is 16.8. The minimum atomic E-state index is -0.280. The third-order valence-electron chi connectivity index (χ3n) is 4.04. The predicted octanol–water partition coefficient (Wildman–Crippen LogP) is 4.21. The number of rotatable bonds is 3. The molecule has 0 atom stereocenters. The molecule has 0 saturated carbocycles. The van der Waals surface area contributed by atoms with Gasteiger partial charge in [0.05, 0.1) is 16.9 Å². The lowest BCUT2D eigenvalue weighted by molar-refractivity contribution is -0.116. The Balaban J connectivity index is 1.68. The summed E-state index contributed by atoms with van der Waals surface area (Å²) in [5.74, 6) is -0.280. The Labute approximate surface area is 157 Å². The van der Waals surface area contributed by atoms with Crippen LogP contribution in [0.15, 0.2) is 53.6 Å². The molecule has 130 valence electrons. The van der Waals surface area contributed by atoms with Crippen molar-refractivity contribution in [3.05, 3.63) is 69.7 Å². The molecule has 0 radical (unpaired) electrons. The van der Waals surface area contributed by atoms with Gasteiger partial charge in [-0.05, 0) is 36.8 Å². The molecular formula is C19H14ClN3O2S. The maximum Gasteiger partial charge on any atom is 0.271 e. The van der Waals surface area contributed by atoms with Crippen molar-refractivity contribution in [2.45, 2.75) is 13.5 Å². The highest BCUT2D eigenvalue weighted by atomic mass is 35.5. The number of aromatic nitrogens is 2. The summed E-state index contributed by atoms with van der Waals surface area (Å²) in [4.78, 5) is 29.4. The molecule has 0 fully saturated rings. The van der Waals surface area contributed by atoms with Crippen LogP contribution in [0.5, 0.6) is 0 Å². The second kappa shape index (κ2) is 6.55. The van der Waals surface area contributed by atoms with Crippen LogP contribution in [0.4, 0.5) is 5.69 Å². The van der Waals surface area contributed by atoms with E-state index in [0.29, 0.717) is 20.9 Å². The second-order valence-corrected chi connectivity index (χ2v) is 7.45. The van der Waals surface area contributed by atoms with Crippen LogP contribution in [-0.4, -0.2) is 15.5 Å². The van der Waals surface area contributed by atoms with E-state index in [2.05, 4.69) is 10.3 Å². The van der Waals surface area contributed by atoms with Gasteiger partial charge in [0.25, 0.3) is 5.56 Å². The van der Waals surface area contributed by atoms with Crippen LogP contribution in [0.3, 0.4) is 0 Å². The molecule has 2 aromatic heterocycles. The third-order valence-corrected chi connectivity index (χ3v) is 5.48. The van der Waals surface area contributed by atoms with Crippen molar-refractivity contribution in [3.8, 4) is 0 Å². The number of benzene rings is 2. The maximum atomic E-state index is 12.8. The summed E-state index contributed by atoms with van der Waals surface area (Å²) in [6.45, 7) is 1.85. The van der Waals surface area contributed by atoms with Gasteiger partial charge in [0, 0.05) is 15.8 Å². The van der Waals surface area contributed by atoms with E-state index in [9.17, 15) is 9.59 Å². The Bertz CT molecular complexity index is 1210. The molecule has 1 amide bonds. The van der Waals surface area contributed by atoms with E-state index in [0.717, 1.165) is 15.6 Å². The van der Waals surface area contributed by atoms with E-state index in [1.807, 2.05) is 43.3 Å². The molecule has 4 rings (SSSR count). The van der Waals surface area contributed by atoms with E-state index >= 15 is 0 Å². The molecule has 1 N–H and O–H groups in total. The third kappa shape index (κ3) is 2.98. The molecule has 0 aliphatic carbocycles. The van der Waals surface area contributed by atoms with Gasteiger partial charge < -0.3 is 5.32 Å². The Hall–Kier alpha value is -2.70. The average molecular weight is 384 g/mol. The predicted molar refractivity (Wildman–Crippen MR) is 106 cm³/mol. The van der Waals surface area contributed by atoms with Gasteiger partial charge in [0.1, 0.15) is 11.2 Å². The minimum absolute atomic E-state index is 0.0995. The number of fused-ring (bicyclic) bond motifs is 3. The van der Waals surface area contributed by atoms with E-state index in [1.165, 1.54) is 22.2 Å². The van der Waals surface area contributed by atoms with Gasteiger partial charge in [0.2, 0.25) is 5.91 Å². The van der Waals surface area contributed by atoms with Gasteiger partial charge in [-0.3, -0.25) is 14.2 Å². The van der Waals surface area contributed by atoms with Gasteiger partial charge in [-0.1, -0.05) is 29.8 Å². The van der Waals surface area contributed by atoms with E-state index in [4.69, 9.17) is 11.6 Å². The van der Waals surface area contributed by atoms with Crippen LogP contribution in [-0.2, 0) is 11.3 Å². The number of hydrogen-bond donors (Lipinski definition) is 1. The Kier molecular flexibility index (Phi) is 4.22. The van der Waals surface area contributed by atoms with Gasteiger partial charge in [-0.25, -0.2) is 4.98 Å². The highest BCUT2D eigenvalue weighted by Crippen LogP contribution is 2.34. The lowest BCUT2D eigenvalue weighted by Crippen LogP contribution is -2.27. The summed E-state index contributed by atoms with van der Waals surface area (Å²) in [6.07, 6.45) is 1.40. The number of thiophene rings is 1. The van der Waals surface area contributed by atoms with Crippen LogP contribution in [0, 0.1) is 6.92 Å². The zero-order valence-corrected chi connectivity index (χ0v) is 15.4. The van der Waals surface area contributed by atoms with Crippen molar-refractivity contribution >= 4 is 54.8 Å². The smallest absolute Gasteiger partial charge is 0.271 e. The van der Waals surface area contributed by atoms with Gasteiger partial charge in [-0.15, -0.1) is 11.3 Å². The van der Waals surface area contributed by atoms with Crippen LogP contribution in [0.1, 0.15) is 5.56 Å². The van der Waals surface area contributed by atoms with Gasteiger partial charge in [0.15, 0.2) is 0 Å². The standard InChI is InChI=1S/C19H14ClN3O2S/c1-11-4-2-5-12(8-11)22-15(24)9-23-10-21-17-16-13(20)6-3-7-14(16)26-18(17)19(23)25/h2-8,10H,9H2,1H3,(H,22,24). The van der Waals surface area contributed by atoms with E-state index in [1.54, 1.807) is 6.07 Å². The number of anilines is 1. The Morgan fingerprint density at radius 2 is 2.08 bits per heavy atom. The fourth-order valence-corrected chi connectivity index (χ4v) is 4.31. The summed E-state index contributed by atoms with van der Waals surface area (Å²) >= 11 is 7.59. The zero-order valence-electron chi connectivity index (χ0n) is 13.8. The molecule has 2 heterocycles. The number of carbonyl (C=O) groups excluding carboxylic acids is 1. The molecule has 0 spiro atoms. The Morgan fingerprint density at radius 3 is 2.88 bits per heavy atom. The number of hydrogen-bond acceptors (Lipinski definition) is 4. The van der Waals surface area contributed by atoms with Gasteiger partial charge >= 0.3 is 0 Å². The largest absolute Gasteiger partial charge is 0.325 e. The van der Waals surface area contributed by atoms with Crippen LogP contribution in [0.25, 0.3) is 20.3 Å². The number of aryl methyl sites for hydroxylation is 1.